The third kappa shape index (κ3) is 4.86. The van der Waals surface area contributed by atoms with E-state index in [-0.39, 0.29) is 11.8 Å². The van der Waals surface area contributed by atoms with E-state index in [1.165, 1.54) is 0 Å². The van der Waals surface area contributed by atoms with Gasteiger partial charge in [-0.15, -0.1) is 0 Å². The molecule has 0 saturated carbocycles. The Morgan fingerprint density at radius 3 is 2.92 bits per heavy atom. The Bertz CT molecular complexity index is 693. The maximum Gasteiger partial charge on any atom is 0.231 e. The zero-order valence-corrected chi connectivity index (χ0v) is 15.4. The maximum absolute atomic E-state index is 11.3. The van der Waals surface area contributed by atoms with Crippen LogP contribution in [0.4, 0.5) is 0 Å². The lowest BCUT2D eigenvalue weighted by molar-refractivity contribution is -0.119. The van der Waals surface area contributed by atoms with E-state index >= 15 is 0 Å². The van der Waals surface area contributed by atoms with E-state index in [0.717, 1.165) is 41.9 Å². The van der Waals surface area contributed by atoms with Gasteiger partial charge in [0, 0.05) is 43.7 Å². The fraction of sp³-hybridized carbons (Fsp3) is 0.450. The summed E-state index contributed by atoms with van der Waals surface area (Å²) in [5, 5.41) is 0. The molecule has 1 aliphatic heterocycles. The fourth-order valence-corrected chi connectivity index (χ4v) is 3.59. The Morgan fingerprint density at radius 1 is 1.52 bits per heavy atom. The first kappa shape index (κ1) is 19.1. The van der Waals surface area contributed by atoms with Crippen molar-refractivity contribution in [3.8, 4) is 0 Å². The molecule has 2 N–H and O–H groups in total. The van der Waals surface area contributed by atoms with Crippen LogP contribution in [-0.4, -0.2) is 48.7 Å². The van der Waals surface area contributed by atoms with Gasteiger partial charge >= 0.3 is 0 Å². The number of carbonyl (C=O) groups excluding carboxylic acids is 1. The van der Waals surface area contributed by atoms with Gasteiger partial charge in [-0.3, -0.25) is 19.7 Å². The standard InChI is InChI=1S/C20H28N4O/c1-5-16(10-22-4)20-18(7-6-8-23-20)15(3)17-9-14(2)11-24(12-17)13-19(21)25/h5-8,10,14,17H,3,9,11-13H2,1-2,4H3,(H2,21,25)/b16-5-,22-10-/t14-,17+/m1/s1. The Kier molecular flexibility index (Phi) is 6.65. The van der Waals surface area contributed by atoms with Gasteiger partial charge in [0.25, 0.3) is 0 Å². The van der Waals surface area contributed by atoms with Crippen molar-refractivity contribution >= 4 is 23.3 Å². The summed E-state index contributed by atoms with van der Waals surface area (Å²) in [6, 6.07) is 4.00. The lowest BCUT2D eigenvalue weighted by atomic mass is 9.82. The highest BCUT2D eigenvalue weighted by molar-refractivity contribution is 6.10. The van der Waals surface area contributed by atoms with Gasteiger partial charge in [0.2, 0.25) is 5.91 Å². The molecular formula is C20H28N4O. The van der Waals surface area contributed by atoms with Crippen molar-refractivity contribution < 1.29 is 4.79 Å². The Hall–Kier alpha value is -2.27. The molecule has 5 heteroatoms. The van der Waals surface area contributed by atoms with E-state index in [1.54, 1.807) is 13.2 Å². The summed E-state index contributed by atoms with van der Waals surface area (Å²) < 4.78 is 0. The average Bonchev–Trinajstić information content (AvgIpc) is 2.58. The molecule has 134 valence electrons. The van der Waals surface area contributed by atoms with Crippen molar-refractivity contribution in [1.29, 1.82) is 0 Å². The molecule has 0 aromatic carbocycles. The Morgan fingerprint density at radius 2 is 2.28 bits per heavy atom. The van der Waals surface area contributed by atoms with Crippen LogP contribution >= 0.6 is 0 Å². The van der Waals surface area contributed by atoms with Crippen molar-refractivity contribution in [2.24, 2.45) is 22.6 Å². The third-order valence-corrected chi connectivity index (χ3v) is 4.61. The van der Waals surface area contributed by atoms with Crippen LogP contribution < -0.4 is 5.73 Å². The van der Waals surface area contributed by atoms with E-state index in [9.17, 15) is 4.79 Å². The number of nitrogens with two attached hydrogens (primary N) is 1. The van der Waals surface area contributed by atoms with Crippen LogP contribution in [0.25, 0.3) is 11.1 Å². The van der Waals surface area contributed by atoms with Gasteiger partial charge in [0.1, 0.15) is 0 Å². The average molecular weight is 340 g/mol. The molecule has 2 atom stereocenters. The number of pyridine rings is 1. The number of allylic oxidation sites excluding steroid dienone is 2. The van der Waals surface area contributed by atoms with Gasteiger partial charge in [-0.25, -0.2) is 0 Å². The number of carbonyl (C=O) groups is 1. The van der Waals surface area contributed by atoms with Crippen LogP contribution in [0.1, 0.15) is 31.5 Å². The SMILES string of the molecule is C=C(c1cccnc1C(/C=N\C)=C\C)[C@H]1C[C@@H](C)CN(CC(N)=O)C1. The van der Waals surface area contributed by atoms with E-state index in [4.69, 9.17) is 5.73 Å². The highest BCUT2D eigenvalue weighted by Crippen LogP contribution is 2.34. The first-order valence-corrected chi connectivity index (χ1v) is 8.69. The van der Waals surface area contributed by atoms with E-state index in [0.29, 0.717) is 12.5 Å². The molecule has 2 rings (SSSR count). The van der Waals surface area contributed by atoms with Crippen LogP contribution in [0.2, 0.25) is 0 Å². The molecule has 1 aliphatic rings. The predicted molar refractivity (Wildman–Crippen MR) is 104 cm³/mol. The van der Waals surface area contributed by atoms with Crippen molar-refractivity contribution in [3.63, 3.8) is 0 Å². The number of hydrogen-bond donors (Lipinski definition) is 1. The number of rotatable bonds is 6. The molecule has 0 radical (unpaired) electrons. The van der Waals surface area contributed by atoms with Crippen molar-refractivity contribution in [3.05, 3.63) is 42.2 Å². The van der Waals surface area contributed by atoms with Crippen molar-refractivity contribution in [2.45, 2.75) is 20.3 Å². The summed E-state index contributed by atoms with van der Waals surface area (Å²) in [6.07, 6.45) is 6.68. The maximum atomic E-state index is 11.3. The molecule has 1 saturated heterocycles. The Balaban J connectivity index is 2.29. The normalized spacial score (nSPS) is 22.3. The zero-order valence-electron chi connectivity index (χ0n) is 15.4. The van der Waals surface area contributed by atoms with Gasteiger partial charge in [0.15, 0.2) is 0 Å². The molecule has 1 amide bonds. The number of primary amides is 1. The van der Waals surface area contributed by atoms with Gasteiger partial charge in [0.05, 0.1) is 12.2 Å². The number of likely N-dealkylation sites (tertiary alicyclic amines) is 1. The second-order valence-electron chi connectivity index (χ2n) is 6.75. The summed E-state index contributed by atoms with van der Waals surface area (Å²) in [5.41, 5.74) is 9.38. The van der Waals surface area contributed by atoms with Gasteiger partial charge in [-0.05, 0) is 36.8 Å². The highest BCUT2D eigenvalue weighted by Gasteiger charge is 2.28. The zero-order chi connectivity index (χ0) is 18.4. The summed E-state index contributed by atoms with van der Waals surface area (Å²) >= 11 is 0. The Labute approximate surface area is 150 Å². The summed E-state index contributed by atoms with van der Waals surface area (Å²) in [7, 11) is 1.76. The second-order valence-corrected chi connectivity index (χ2v) is 6.75. The highest BCUT2D eigenvalue weighted by atomic mass is 16.1. The molecule has 2 heterocycles. The molecule has 25 heavy (non-hydrogen) atoms. The van der Waals surface area contributed by atoms with Crippen LogP contribution in [-0.2, 0) is 4.79 Å². The fourth-order valence-electron chi connectivity index (χ4n) is 3.59. The molecule has 0 aliphatic carbocycles. The first-order chi connectivity index (χ1) is 12.0. The number of aromatic nitrogens is 1. The number of nitrogens with zero attached hydrogens (tertiary/aromatic N) is 3. The smallest absolute Gasteiger partial charge is 0.231 e. The largest absolute Gasteiger partial charge is 0.369 e. The topological polar surface area (TPSA) is 71.6 Å². The predicted octanol–water partition coefficient (Wildman–Crippen LogP) is 2.64. The first-order valence-electron chi connectivity index (χ1n) is 8.69. The minimum absolute atomic E-state index is 0.280. The van der Waals surface area contributed by atoms with E-state index in [2.05, 4.69) is 34.4 Å². The third-order valence-electron chi connectivity index (χ3n) is 4.61. The minimum atomic E-state index is -0.282. The lowest BCUT2D eigenvalue weighted by Crippen LogP contribution is -2.44. The van der Waals surface area contributed by atoms with Crippen LogP contribution in [0.5, 0.6) is 0 Å². The molecule has 0 bridgehead atoms. The summed E-state index contributed by atoms with van der Waals surface area (Å²) in [5.74, 6) is 0.493. The molecule has 0 spiro atoms. The number of hydrogen-bond acceptors (Lipinski definition) is 4. The summed E-state index contributed by atoms with van der Waals surface area (Å²) in [4.78, 5) is 22.1. The number of piperidine rings is 1. The molecular weight excluding hydrogens is 312 g/mol. The molecule has 0 unspecified atom stereocenters. The lowest BCUT2D eigenvalue weighted by Gasteiger charge is -2.37. The van der Waals surface area contributed by atoms with Crippen molar-refractivity contribution in [2.75, 3.05) is 26.7 Å². The van der Waals surface area contributed by atoms with Crippen molar-refractivity contribution in [1.82, 2.24) is 9.88 Å². The summed E-state index contributed by atoms with van der Waals surface area (Å²) in [6.45, 7) is 10.6. The molecule has 1 aromatic heterocycles. The molecule has 5 nitrogen and oxygen atoms in total. The van der Waals surface area contributed by atoms with Gasteiger partial charge < -0.3 is 5.73 Å². The van der Waals surface area contributed by atoms with E-state index in [1.807, 2.05) is 25.3 Å². The minimum Gasteiger partial charge on any atom is -0.369 e. The van der Waals surface area contributed by atoms with Crippen LogP contribution in [0, 0.1) is 11.8 Å². The number of amides is 1. The molecule has 1 fully saturated rings. The second kappa shape index (κ2) is 8.72. The van der Waals surface area contributed by atoms with E-state index < -0.39 is 0 Å². The monoisotopic (exact) mass is 340 g/mol. The van der Waals surface area contributed by atoms with Gasteiger partial charge in [-0.2, -0.15) is 0 Å². The quantitative estimate of drug-likeness (QED) is 0.809. The van der Waals surface area contributed by atoms with Crippen LogP contribution in [0.3, 0.4) is 0 Å². The number of aliphatic imine (C=N–C) groups is 1. The van der Waals surface area contributed by atoms with Crippen LogP contribution in [0.15, 0.2) is 36.0 Å². The van der Waals surface area contributed by atoms with Gasteiger partial charge in [-0.1, -0.05) is 25.6 Å². The molecule has 1 aromatic rings.